The first-order chi connectivity index (χ1) is 24.2. The van der Waals surface area contributed by atoms with Crippen LogP contribution in [-0.4, -0.2) is 64.6 Å². The number of hydrogen-bond donors (Lipinski definition) is 2. The van der Waals surface area contributed by atoms with Crippen molar-refractivity contribution >= 4 is 36.2 Å². The summed E-state index contributed by atoms with van der Waals surface area (Å²) in [5.41, 5.74) is 6.55. The van der Waals surface area contributed by atoms with Crippen LogP contribution in [0.5, 0.6) is 34.5 Å². The molecule has 0 spiro atoms. The van der Waals surface area contributed by atoms with Gasteiger partial charge in [0.1, 0.15) is 11.5 Å². The number of carbonyl (C=O) groups is 4. The SMILES string of the molecule is COc1ccc(C(=O)Oc2ccc(C=NNC(=O)CCC(=O)NN=Cc3ccc(OC(=O)c4ccc(OC)c(OC)c4)cc3)cc2)cc1OC. The number of amides is 2. The van der Waals surface area contributed by atoms with E-state index in [9.17, 15) is 19.2 Å². The highest BCUT2D eigenvalue weighted by atomic mass is 16.5. The summed E-state index contributed by atoms with van der Waals surface area (Å²) < 4.78 is 31.6. The Morgan fingerprint density at radius 2 is 0.880 bits per heavy atom. The number of esters is 2. The molecule has 0 bridgehead atoms. The van der Waals surface area contributed by atoms with Crippen molar-refractivity contribution in [1.82, 2.24) is 10.9 Å². The molecule has 0 aliphatic rings. The lowest BCUT2D eigenvalue weighted by molar-refractivity contribution is -0.126. The Labute approximate surface area is 287 Å². The van der Waals surface area contributed by atoms with E-state index >= 15 is 0 Å². The molecule has 4 aromatic carbocycles. The highest BCUT2D eigenvalue weighted by molar-refractivity contribution is 5.93. The van der Waals surface area contributed by atoms with E-state index in [0.717, 1.165) is 0 Å². The number of hydrazone groups is 2. The molecule has 50 heavy (non-hydrogen) atoms. The molecular formula is C36H34N4O10. The van der Waals surface area contributed by atoms with Crippen LogP contribution in [0.2, 0.25) is 0 Å². The van der Waals surface area contributed by atoms with Crippen LogP contribution in [-0.2, 0) is 9.59 Å². The number of benzene rings is 4. The fraction of sp³-hybridized carbons (Fsp3) is 0.167. The third-order valence-electron chi connectivity index (χ3n) is 6.80. The molecule has 258 valence electrons. The van der Waals surface area contributed by atoms with Crippen molar-refractivity contribution in [1.29, 1.82) is 0 Å². The highest BCUT2D eigenvalue weighted by Gasteiger charge is 2.14. The van der Waals surface area contributed by atoms with Crippen molar-refractivity contribution in [2.45, 2.75) is 12.8 Å². The quantitative estimate of drug-likeness (QED) is 0.0785. The summed E-state index contributed by atoms with van der Waals surface area (Å²) in [6.07, 6.45) is 2.57. The molecule has 2 amide bonds. The number of methoxy groups -OCH3 is 4. The maximum atomic E-state index is 12.5. The zero-order valence-corrected chi connectivity index (χ0v) is 27.6. The third-order valence-corrected chi connectivity index (χ3v) is 6.80. The first-order valence-corrected chi connectivity index (χ1v) is 14.9. The summed E-state index contributed by atoms with van der Waals surface area (Å²) >= 11 is 0. The average Bonchev–Trinajstić information content (AvgIpc) is 3.14. The second-order valence-electron chi connectivity index (χ2n) is 10.1. The first kappa shape index (κ1) is 36.1. The lowest BCUT2D eigenvalue weighted by atomic mass is 10.2. The van der Waals surface area contributed by atoms with Crippen LogP contribution in [0.3, 0.4) is 0 Å². The van der Waals surface area contributed by atoms with E-state index < -0.39 is 23.8 Å². The van der Waals surface area contributed by atoms with E-state index in [1.165, 1.54) is 53.0 Å². The Hall–Kier alpha value is -6.70. The number of nitrogens with one attached hydrogen (secondary N) is 2. The maximum Gasteiger partial charge on any atom is 0.343 e. The molecule has 0 aromatic heterocycles. The van der Waals surface area contributed by atoms with Crippen LogP contribution >= 0.6 is 0 Å². The van der Waals surface area contributed by atoms with Crippen LogP contribution < -0.4 is 39.3 Å². The number of hydrogen-bond acceptors (Lipinski definition) is 12. The van der Waals surface area contributed by atoms with Crippen molar-refractivity contribution in [3.8, 4) is 34.5 Å². The zero-order chi connectivity index (χ0) is 35.9. The monoisotopic (exact) mass is 682 g/mol. The molecule has 0 saturated carbocycles. The third kappa shape index (κ3) is 10.4. The molecule has 0 aliphatic heterocycles. The second kappa shape index (κ2) is 18.0. The molecule has 4 rings (SSSR count). The number of ether oxygens (including phenoxy) is 6. The summed E-state index contributed by atoms with van der Waals surface area (Å²) in [5, 5.41) is 7.78. The van der Waals surface area contributed by atoms with E-state index in [2.05, 4.69) is 21.1 Å². The molecule has 0 unspecified atom stereocenters. The number of rotatable bonds is 15. The van der Waals surface area contributed by atoms with Gasteiger partial charge in [-0.15, -0.1) is 0 Å². The van der Waals surface area contributed by atoms with Crippen molar-refractivity contribution in [2.75, 3.05) is 28.4 Å². The van der Waals surface area contributed by atoms with E-state index in [4.69, 9.17) is 28.4 Å². The van der Waals surface area contributed by atoms with Gasteiger partial charge in [-0.3, -0.25) is 9.59 Å². The summed E-state index contributed by atoms with van der Waals surface area (Å²) in [4.78, 5) is 49.3. The smallest absolute Gasteiger partial charge is 0.343 e. The molecule has 14 heteroatoms. The summed E-state index contributed by atoms with van der Waals surface area (Å²) in [7, 11) is 5.95. The Morgan fingerprint density at radius 1 is 0.520 bits per heavy atom. The molecule has 0 fully saturated rings. The minimum Gasteiger partial charge on any atom is -0.493 e. The molecule has 0 radical (unpaired) electrons. The van der Waals surface area contributed by atoms with Gasteiger partial charge in [-0.2, -0.15) is 10.2 Å². The Balaban J connectivity index is 1.15. The molecule has 0 atom stereocenters. The fourth-order valence-electron chi connectivity index (χ4n) is 4.20. The van der Waals surface area contributed by atoms with Crippen LogP contribution in [0.25, 0.3) is 0 Å². The van der Waals surface area contributed by atoms with Crippen molar-refractivity contribution in [3.63, 3.8) is 0 Å². The van der Waals surface area contributed by atoms with Crippen molar-refractivity contribution in [2.24, 2.45) is 10.2 Å². The lowest BCUT2D eigenvalue weighted by Gasteiger charge is -2.09. The van der Waals surface area contributed by atoms with Gasteiger partial charge < -0.3 is 28.4 Å². The minimum absolute atomic E-state index is 0.121. The summed E-state index contributed by atoms with van der Waals surface area (Å²) in [6, 6.07) is 22.3. The average molecular weight is 683 g/mol. The van der Waals surface area contributed by atoms with Crippen molar-refractivity contribution in [3.05, 3.63) is 107 Å². The second-order valence-corrected chi connectivity index (χ2v) is 10.1. The normalized spacial score (nSPS) is 10.7. The molecule has 4 aromatic rings. The lowest BCUT2D eigenvalue weighted by Crippen LogP contribution is -2.22. The van der Waals surface area contributed by atoms with Gasteiger partial charge in [-0.1, -0.05) is 0 Å². The van der Waals surface area contributed by atoms with Gasteiger partial charge in [0.05, 0.1) is 52.0 Å². The van der Waals surface area contributed by atoms with E-state index in [0.29, 0.717) is 45.6 Å². The largest absolute Gasteiger partial charge is 0.493 e. The Bertz CT molecular complexity index is 1740. The topological polar surface area (TPSA) is 172 Å². The highest BCUT2D eigenvalue weighted by Crippen LogP contribution is 2.29. The fourth-order valence-corrected chi connectivity index (χ4v) is 4.20. The summed E-state index contributed by atoms with van der Waals surface area (Å²) in [5.74, 6) is 0.313. The maximum absolute atomic E-state index is 12.5. The van der Waals surface area contributed by atoms with Gasteiger partial charge in [0.2, 0.25) is 11.8 Å². The van der Waals surface area contributed by atoms with Gasteiger partial charge in [0.15, 0.2) is 23.0 Å². The van der Waals surface area contributed by atoms with Gasteiger partial charge in [0.25, 0.3) is 0 Å². The predicted molar refractivity (Wildman–Crippen MR) is 183 cm³/mol. The van der Waals surface area contributed by atoms with Crippen LogP contribution in [0.4, 0.5) is 0 Å². The standard InChI is InChI=1S/C36H34N4O10/c1-45-29-15-9-25(19-31(29)47-3)35(43)49-27-11-5-23(6-12-27)21-37-39-33(41)17-18-34(42)40-38-22-24-7-13-28(14-8-24)50-36(44)26-10-16-30(46-2)32(20-26)48-4/h5-16,19-22H,17-18H2,1-4H3,(H,39,41)(H,40,42). The minimum atomic E-state index is -0.573. The molecule has 0 aliphatic carbocycles. The van der Waals surface area contributed by atoms with E-state index in [-0.39, 0.29) is 24.0 Å². The van der Waals surface area contributed by atoms with E-state index in [1.54, 1.807) is 72.8 Å². The molecule has 2 N–H and O–H groups in total. The van der Waals surface area contributed by atoms with Crippen LogP contribution in [0, 0.1) is 0 Å². The van der Waals surface area contributed by atoms with Gasteiger partial charge >= 0.3 is 11.9 Å². The van der Waals surface area contributed by atoms with Crippen LogP contribution in [0.1, 0.15) is 44.7 Å². The summed E-state index contributed by atoms with van der Waals surface area (Å²) in [6.45, 7) is 0. The van der Waals surface area contributed by atoms with Crippen molar-refractivity contribution < 1.29 is 47.6 Å². The molecule has 0 saturated heterocycles. The zero-order valence-electron chi connectivity index (χ0n) is 27.6. The van der Waals surface area contributed by atoms with Gasteiger partial charge in [-0.25, -0.2) is 20.4 Å². The molecule has 0 heterocycles. The van der Waals surface area contributed by atoms with Gasteiger partial charge in [0, 0.05) is 12.8 Å². The number of nitrogens with zero attached hydrogens (tertiary/aromatic N) is 2. The van der Waals surface area contributed by atoms with Crippen LogP contribution in [0.15, 0.2) is 95.1 Å². The Kier molecular flexibility index (Phi) is 13.0. The molecule has 14 nitrogen and oxygen atoms in total. The number of carbonyl (C=O) groups excluding carboxylic acids is 4. The van der Waals surface area contributed by atoms with E-state index in [1.807, 2.05) is 0 Å². The predicted octanol–water partition coefficient (Wildman–Crippen LogP) is 4.54. The molecular weight excluding hydrogens is 648 g/mol. The van der Waals surface area contributed by atoms with Gasteiger partial charge in [-0.05, 0) is 96.1 Å². The first-order valence-electron chi connectivity index (χ1n) is 14.9. The Morgan fingerprint density at radius 3 is 1.22 bits per heavy atom.